The summed E-state index contributed by atoms with van der Waals surface area (Å²) in [5.41, 5.74) is -0.274. The molecule has 0 aromatic heterocycles. The SMILES string of the molecule is CCOC(=O)c1ccccc1N(CC)C(F)(F)F. The van der Waals surface area contributed by atoms with Gasteiger partial charge in [0.1, 0.15) is 0 Å². The van der Waals surface area contributed by atoms with Gasteiger partial charge in [-0.1, -0.05) is 12.1 Å². The van der Waals surface area contributed by atoms with Gasteiger partial charge in [0.05, 0.1) is 17.9 Å². The maximum Gasteiger partial charge on any atom is 0.484 e. The zero-order valence-electron chi connectivity index (χ0n) is 10.1. The van der Waals surface area contributed by atoms with Crippen molar-refractivity contribution in [2.75, 3.05) is 18.1 Å². The maximum atomic E-state index is 12.8. The Hall–Kier alpha value is -1.72. The minimum atomic E-state index is -4.53. The standard InChI is InChI=1S/C12H14F3NO2/c1-3-16(12(13,14)15)10-8-6-5-7-9(10)11(17)18-4-2/h5-8H,3-4H2,1-2H3. The summed E-state index contributed by atoms with van der Waals surface area (Å²) >= 11 is 0. The van der Waals surface area contributed by atoms with E-state index in [-0.39, 0.29) is 29.3 Å². The van der Waals surface area contributed by atoms with Crippen LogP contribution in [0.3, 0.4) is 0 Å². The smallest absolute Gasteiger partial charge is 0.462 e. The Morgan fingerprint density at radius 2 is 1.89 bits per heavy atom. The molecule has 0 heterocycles. The average molecular weight is 261 g/mol. The number of para-hydroxylation sites is 1. The van der Waals surface area contributed by atoms with Crippen LogP contribution >= 0.6 is 0 Å². The van der Waals surface area contributed by atoms with Gasteiger partial charge in [-0.2, -0.15) is 13.2 Å². The fraction of sp³-hybridized carbons (Fsp3) is 0.417. The van der Waals surface area contributed by atoms with Crippen LogP contribution in [0.25, 0.3) is 0 Å². The molecule has 18 heavy (non-hydrogen) atoms. The van der Waals surface area contributed by atoms with Crippen LogP contribution in [-0.4, -0.2) is 25.4 Å². The Labute approximate surface area is 103 Å². The first-order valence-corrected chi connectivity index (χ1v) is 5.52. The zero-order chi connectivity index (χ0) is 13.8. The Balaban J connectivity index is 3.19. The number of alkyl halides is 3. The van der Waals surface area contributed by atoms with Gasteiger partial charge in [0.15, 0.2) is 0 Å². The van der Waals surface area contributed by atoms with Crippen molar-refractivity contribution in [3.05, 3.63) is 29.8 Å². The Kier molecular flexibility index (Phi) is 4.58. The predicted octanol–water partition coefficient (Wildman–Crippen LogP) is 3.21. The first-order valence-electron chi connectivity index (χ1n) is 5.52. The molecule has 0 aliphatic rings. The van der Waals surface area contributed by atoms with Crippen LogP contribution in [0, 0.1) is 0 Å². The Bertz CT molecular complexity index is 418. The van der Waals surface area contributed by atoms with Crippen molar-refractivity contribution in [3.8, 4) is 0 Å². The number of carbonyl (C=O) groups excluding carboxylic acids is 1. The van der Waals surface area contributed by atoms with E-state index >= 15 is 0 Å². The molecule has 1 aromatic rings. The number of anilines is 1. The highest BCUT2D eigenvalue weighted by atomic mass is 19.4. The Morgan fingerprint density at radius 1 is 1.28 bits per heavy atom. The fourth-order valence-corrected chi connectivity index (χ4v) is 1.58. The van der Waals surface area contributed by atoms with E-state index in [1.807, 2.05) is 0 Å². The number of rotatable bonds is 4. The van der Waals surface area contributed by atoms with E-state index in [1.165, 1.54) is 31.2 Å². The van der Waals surface area contributed by atoms with Crippen molar-refractivity contribution in [1.82, 2.24) is 0 Å². The van der Waals surface area contributed by atoms with Crippen LogP contribution in [0.2, 0.25) is 0 Å². The quantitative estimate of drug-likeness (QED) is 0.615. The lowest BCUT2D eigenvalue weighted by Crippen LogP contribution is -2.38. The number of carbonyl (C=O) groups is 1. The predicted molar refractivity (Wildman–Crippen MR) is 61.5 cm³/mol. The lowest BCUT2D eigenvalue weighted by molar-refractivity contribution is -0.128. The second kappa shape index (κ2) is 5.75. The number of benzene rings is 1. The van der Waals surface area contributed by atoms with E-state index in [1.54, 1.807) is 6.92 Å². The molecule has 0 spiro atoms. The van der Waals surface area contributed by atoms with Gasteiger partial charge in [0, 0.05) is 6.54 Å². The molecular weight excluding hydrogens is 247 g/mol. The van der Waals surface area contributed by atoms with Crippen molar-refractivity contribution in [2.24, 2.45) is 0 Å². The summed E-state index contributed by atoms with van der Waals surface area (Å²) in [4.78, 5) is 11.8. The van der Waals surface area contributed by atoms with Crippen molar-refractivity contribution < 1.29 is 22.7 Å². The van der Waals surface area contributed by atoms with Gasteiger partial charge in [-0.05, 0) is 26.0 Å². The highest BCUT2D eigenvalue weighted by Crippen LogP contribution is 2.31. The van der Waals surface area contributed by atoms with E-state index in [2.05, 4.69) is 0 Å². The van der Waals surface area contributed by atoms with E-state index < -0.39 is 12.3 Å². The van der Waals surface area contributed by atoms with Gasteiger partial charge >= 0.3 is 12.3 Å². The molecule has 0 unspecified atom stereocenters. The lowest BCUT2D eigenvalue weighted by atomic mass is 10.1. The van der Waals surface area contributed by atoms with E-state index in [4.69, 9.17) is 4.74 Å². The third-order valence-electron chi connectivity index (χ3n) is 2.31. The summed E-state index contributed by atoms with van der Waals surface area (Å²) in [6.45, 7) is 2.81. The van der Waals surface area contributed by atoms with Crippen LogP contribution in [0.5, 0.6) is 0 Å². The fourth-order valence-electron chi connectivity index (χ4n) is 1.58. The van der Waals surface area contributed by atoms with Crippen LogP contribution < -0.4 is 4.90 Å². The molecule has 0 saturated heterocycles. The molecule has 0 aliphatic heterocycles. The van der Waals surface area contributed by atoms with Crippen LogP contribution in [0.15, 0.2) is 24.3 Å². The Morgan fingerprint density at radius 3 is 2.39 bits per heavy atom. The normalized spacial score (nSPS) is 11.2. The molecule has 0 amide bonds. The molecule has 0 bridgehead atoms. The molecule has 1 rings (SSSR count). The first kappa shape index (κ1) is 14.3. The molecule has 0 aliphatic carbocycles. The summed E-state index contributed by atoms with van der Waals surface area (Å²) in [5, 5.41) is 0. The van der Waals surface area contributed by atoms with Crippen molar-refractivity contribution in [2.45, 2.75) is 20.1 Å². The number of nitrogens with zero attached hydrogens (tertiary/aromatic N) is 1. The molecule has 0 atom stereocenters. The van der Waals surface area contributed by atoms with Crippen molar-refractivity contribution in [3.63, 3.8) is 0 Å². The number of ether oxygens (including phenoxy) is 1. The van der Waals surface area contributed by atoms with Gasteiger partial charge in [0.2, 0.25) is 0 Å². The molecule has 0 fully saturated rings. The van der Waals surface area contributed by atoms with Gasteiger partial charge < -0.3 is 4.74 Å². The second-order valence-corrected chi connectivity index (χ2v) is 3.45. The molecular formula is C12H14F3NO2. The average Bonchev–Trinajstić information content (AvgIpc) is 2.29. The highest BCUT2D eigenvalue weighted by Gasteiger charge is 2.38. The summed E-state index contributed by atoms with van der Waals surface area (Å²) in [6.07, 6.45) is -4.53. The molecule has 100 valence electrons. The van der Waals surface area contributed by atoms with Gasteiger partial charge in [-0.15, -0.1) is 0 Å². The zero-order valence-corrected chi connectivity index (χ0v) is 10.1. The topological polar surface area (TPSA) is 29.5 Å². The highest BCUT2D eigenvalue weighted by molar-refractivity contribution is 5.95. The minimum Gasteiger partial charge on any atom is -0.462 e. The molecule has 0 saturated carbocycles. The van der Waals surface area contributed by atoms with E-state index in [0.29, 0.717) is 0 Å². The van der Waals surface area contributed by atoms with Crippen LogP contribution in [0.1, 0.15) is 24.2 Å². The molecule has 0 radical (unpaired) electrons. The second-order valence-electron chi connectivity index (χ2n) is 3.45. The van der Waals surface area contributed by atoms with Crippen molar-refractivity contribution >= 4 is 11.7 Å². The third kappa shape index (κ3) is 3.15. The third-order valence-corrected chi connectivity index (χ3v) is 2.31. The van der Waals surface area contributed by atoms with Crippen LogP contribution in [0.4, 0.5) is 18.9 Å². The summed E-state index contributed by atoms with van der Waals surface area (Å²) in [7, 11) is 0. The van der Waals surface area contributed by atoms with Gasteiger partial charge in [-0.25, -0.2) is 4.79 Å². The van der Waals surface area contributed by atoms with E-state index in [9.17, 15) is 18.0 Å². The monoisotopic (exact) mass is 261 g/mol. The van der Waals surface area contributed by atoms with E-state index in [0.717, 1.165) is 0 Å². The summed E-state index contributed by atoms with van der Waals surface area (Å²) in [6, 6.07) is 5.53. The number of hydrogen-bond acceptors (Lipinski definition) is 3. The molecule has 3 nitrogen and oxygen atoms in total. The molecule has 0 N–H and O–H groups in total. The maximum absolute atomic E-state index is 12.8. The van der Waals surface area contributed by atoms with Gasteiger partial charge in [0.25, 0.3) is 0 Å². The number of hydrogen-bond donors (Lipinski definition) is 0. The first-order chi connectivity index (χ1) is 8.41. The number of esters is 1. The molecule has 6 heteroatoms. The van der Waals surface area contributed by atoms with Gasteiger partial charge in [-0.3, -0.25) is 4.90 Å². The largest absolute Gasteiger partial charge is 0.484 e. The minimum absolute atomic E-state index is 0.0847. The molecule has 1 aromatic carbocycles. The van der Waals surface area contributed by atoms with Crippen molar-refractivity contribution in [1.29, 1.82) is 0 Å². The van der Waals surface area contributed by atoms with Crippen LogP contribution in [-0.2, 0) is 4.74 Å². The summed E-state index contributed by atoms with van der Waals surface area (Å²) < 4.78 is 43.2. The lowest BCUT2D eigenvalue weighted by Gasteiger charge is -2.27. The number of halogens is 3. The summed E-state index contributed by atoms with van der Waals surface area (Å²) in [5.74, 6) is -0.754.